The summed E-state index contributed by atoms with van der Waals surface area (Å²) in [6.07, 6.45) is 4.46. The quantitative estimate of drug-likeness (QED) is 0.393. The van der Waals surface area contributed by atoms with Crippen LogP contribution in [0.15, 0.2) is 60.9 Å². The second-order valence-corrected chi connectivity index (χ2v) is 8.61. The lowest BCUT2D eigenvalue weighted by atomic mass is 10.1. The lowest BCUT2D eigenvalue weighted by molar-refractivity contribution is 0.0726. The van der Waals surface area contributed by atoms with E-state index in [0.717, 1.165) is 24.2 Å². The van der Waals surface area contributed by atoms with Gasteiger partial charge in [0.05, 0.1) is 40.1 Å². The van der Waals surface area contributed by atoms with Crippen molar-refractivity contribution in [3.8, 4) is 23.0 Å². The maximum absolute atomic E-state index is 13.8. The number of ether oxygens (including phenoxy) is 5. The van der Waals surface area contributed by atoms with Crippen LogP contribution in [-0.4, -0.2) is 56.9 Å². The van der Waals surface area contributed by atoms with Crippen LogP contribution < -0.4 is 18.9 Å². The van der Waals surface area contributed by atoms with Gasteiger partial charge in [-0.15, -0.1) is 0 Å². The Morgan fingerprint density at radius 3 is 2.50 bits per heavy atom. The van der Waals surface area contributed by atoms with Crippen molar-refractivity contribution in [3.05, 3.63) is 77.6 Å². The van der Waals surface area contributed by atoms with Gasteiger partial charge in [0.15, 0.2) is 11.5 Å². The Hall–Kier alpha value is -3.78. The van der Waals surface area contributed by atoms with E-state index in [1.54, 1.807) is 56.8 Å². The van der Waals surface area contributed by atoms with E-state index in [4.69, 9.17) is 23.7 Å². The first-order valence-electron chi connectivity index (χ1n) is 11.9. The Labute approximate surface area is 211 Å². The minimum absolute atomic E-state index is 0.167. The number of hydrogen-bond donors (Lipinski definition) is 0. The molecule has 36 heavy (non-hydrogen) atoms. The molecule has 3 aromatic rings. The summed E-state index contributed by atoms with van der Waals surface area (Å²) in [5, 5.41) is 0. The number of rotatable bonds is 11. The molecule has 4 rings (SSSR count). The van der Waals surface area contributed by atoms with Gasteiger partial charge < -0.3 is 28.6 Å². The van der Waals surface area contributed by atoms with Crippen molar-refractivity contribution in [2.45, 2.75) is 19.5 Å². The highest BCUT2D eigenvalue weighted by Crippen LogP contribution is 2.31. The molecule has 2 aromatic carbocycles. The van der Waals surface area contributed by atoms with Crippen LogP contribution in [-0.2, 0) is 17.8 Å². The molecule has 1 aliphatic heterocycles. The molecule has 0 spiro atoms. The van der Waals surface area contributed by atoms with Crippen LogP contribution in [0.1, 0.15) is 27.9 Å². The Morgan fingerprint density at radius 2 is 1.81 bits per heavy atom. The lowest BCUT2D eigenvalue weighted by Gasteiger charge is -2.25. The number of nitrogens with zero attached hydrogens (tertiary/aromatic N) is 2. The van der Waals surface area contributed by atoms with Crippen LogP contribution in [0.4, 0.5) is 0 Å². The summed E-state index contributed by atoms with van der Waals surface area (Å²) in [6.45, 7) is 2.77. The van der Waals surface area contributed by atoms with Gasteiger partial charge in [0.1, 0.15) is 11.5 Å². The molecule has 1 aromatic heterocycles. The average molecular weight is 493 g/mol. The molecule has 1 atom stereocenters. The molecular formula is C28H32N2O6. The molecule has 8 nitrogen and oxygen atoms in total. The summed E-state index contributed by atoms with van der Waals surface area (Å²) in [6, 6.07) is 14.7. The van der Waals surface area contributed by atoms with Crippen molar-refractivity contribution in [1.82, 2.24) is 9.88 Å². The third-order valence-electron chi connectivity index (χ3n) is 6.12. The van der Waals surface area contributed by atoms with Gasteiger partial charge in [0, 0.05) is 44.1 Å². The van der Waals surface area contributed by atoms with E-state index in [9.17, 15) is 4.79 Å². The fourth-order valence-corrected chi connectivity index (χ4v) is 4.13. The van der Waals surface area contributed by atoms with Gasteiger partial charge in [-0.1, -0.05) is 12.1 Å². The molecule has 0 saturated carbocycles. The zero-order valence-electron chi connectivity index (χ0n) is 20.9. The second-order valence-electron chi connectivity index (χ2n) is 8.61. The van der Waals surface area contributed by atoms with Crippen LogP contribution in [0.3, 0.4) is 0 Å². The van der Waals surface area contributed by atoms with Gasteiger partial charge in [0.25, 0.3) is 5.91 Å². The van der Waals surface area contributed by atoms with Gasteiger partial charge in [-0.3, -0.25) is 9.78 Å². The molecule has 0 aliphatic carbocycles. The summed E-state index contributed by atoms with van der Waals surface area (Å²) < 4.78 is 27.9. The Bertz CT molecular complexity index is 1150. The molecule has 1 amide bonds. The van der Waals surface area contributed by atoms with Gasteiger partial charge in [0.2, 0.25) is 0 Å². The number of carbonyl (C=O) groups is 1. The molecule has 1 aliphatic rings. The lowest BCUT2D eigenvalue weighted by Crippen LogP contribution is -2.30. The SMILES string of the molecule is COc1ccc(C(=O)N(Cc2cccnc2)Cc2ccc(OC)c(OC[C@@H]3CCOC3)c2)c(OC)c1. The van der Waals surface area contributed by atoms with Gasteiger partial charge >= 0.3 is 0 Å². The smallest absolute Gasteiger partial charge is 0.258 e. The number of hydrogen-bond acceptors (Lipinski definition) is 7. The number of aromatic nitrogens is 1. The van der Waals surface area contributed by atoms with Gasteiger partial charge in [-0.25, -0.2) is 0 Å². The van der Waals surface area contributed by atoms with Crippen molar-refractivity contribution in [3.63, 3.8) is 0 Å². The first-order valence-corrected chi connectivity index (χ1v) is 11.9. The molecule has 0 bridgehead atoms. The molecule has 0 N–H and O–H groups in total. The third-order valence-corrected chi connectivity index (χ3v) is 6.12. The van der Waals surface area contributed by atoms with E-state index in [2.05, 4.69) is 4.98 Å². The van der Waals surface area contributed by atoms with Crippen LogP contribution in [0.2, 0.25) is 0 Å². The molecular weight excluding hydrogens is 460 g/mol. The number of pyridine rings is 1. The summed E-state index contributed by atoms with van der Waals surface area (Å²) in [5.74, 6) is 2.57. The normalized spacial score (nSPS) is 14.8. The molecule has 2 heterocycles. The molecule has 1 fully saturated rings. The Morgan fingerprint density at radius 1 is 0.972 bits per heavy atom. The number of benzene rings is 2. The highest BCUT2D eigenvalue weighted by atomic mass is 16.5. The molecule has 0 radical (unpaired) electrons. The molecule has 8 heteroatoms. The van der Waals surface area contributed by atoms with Gasteiger partial charge in [-0.05, 0) is 47.9 Å². The fourth-order valence-electron chi connectivity index (χ4n) is 4.13. The Kier molecular flexibility index (Phi) is 8.62. The fraction of sp³-hybridized carbons (Fsp3) is 0.357. The van der Waals surface area contributed by atoms with E-state index in [1.807, 2.05) is 30.3 Å². The number of amides is 1. The Balaban J connectivity index is 1.60. The van der Waals surface area contributed by atoms with E-state index in [-0.39, 0.29) is 5.91 Å². The maximum Gasteiger partial charge on any atom is 0.258 e. The molecule has 190 valence electrons. The predicted molar refractivity (Wildman–Crippen MR) is 135 cm³/mol. The van der Waals surface area contributed by atoms with E-state index in [1.165, 1.54) is 0 Å². The van der Waals surface area contributed by atoms with Gasteiger partial charge in [-0.2, -0.15) is 0 Å². The summed E-state index contributed by atoms with van der Waals surface area (Å²) >= 11 is 0. The number of carbonyl (C=O) groups excluding carboxylic acids is 1. The summed E-state index contributed by atoms with van der Waals surface area (Å²) in [4.78, 5) is 19.7. The summed E-state index contributed by atoms with van der Waals surface area (Å²) in [5.41, 5.74) is 2.29. The zero-order valence-corrected chi connectivity index (χ0v) is 20.9. The molecule has 1 saturated heterocycles. The number of methoxy groups -OCH3 is 3. The van der Waals surface area contributed by atoms with E-state index in [0.29, 0.717) is 60.8 Å². The zero-order chi connectivity index (χ0) is 25.3. The van der Waals surface area contributed by atoms with Crippen LogP contribution in [0, 0.1) is 5.92 Å². The van der Waals surface area contributed by atoms with Crippen molar-refractivity contribution in [1.29, 1.82) is 0 Å². The van der Waals surface area contributed by atoms with Crippen molar-refractivity contribution in [2.75, 3.05) is 41.2 Å². The minimum Gasteiger partial charge on any atom is -0.497 e. The van der Waals surface area contributed by atoms with Crippen molar-refractivity contribution in [2.24, 2.45) is 5.92 Å². The first-order chi connectivity index (χ1) is 17.6. The first kappa shape index (κ1) is 25.3. The monoisotopic (exact) mass is 492 g/mol. The topological polar surface area (TPSA) is 79.4 Å². The molecule has 0 unspecified atom stereocenters. The highest BCUT2D eigenvalue weighted by molar-refractivity contribution is 5.97. The van der Waals surface area contributed by atoms with E-state index < -0.39 is 0 Å². The predicted octanol–water partition coefficient (Wildman–Crippen LogP) is 4.37. The van der Waals surface area contributed by atoms with E-state index >= 15 is 0 Å². The third kappa shape index (κ3) is 6.26. The van der Waals surface area contributed by atoms with Crippen molar-refractivity contribution >= 4 is 5.91 Å². The van der Waals surface area contributed by atoms with Crippen LogP contribution in [0.5, 0.6) is 23.0 Å². The largest absolute Gasteiger partial charge is 0.497 e. The highest BCUT2D eigenvalue weighted by Gasteiger charge is 2.22. The minimum atomic E-state index is -0.167. The van der Waals surface area contributed by atoms with Crippen LogP contribution >= 0.6 is 0 Å². The standard InChI is InChI=1S/C28H32N2O6/c1-32-23-7-8-24(26(14-23)34-3)28(31)30(17-21-5-4-11-29-15-21)16-20-6-9-25(33-2)27(13-20)36-19-22-10-12-35-18-22/h4-9,11,13-15,22H,10,12,16-19H2,1-3H3/t22-/m1/s1. The summed E-state index contributed by atoms with van der Waals surface area (Å²) in [7, 11) is 4.74. The van der Waals surface area contributed by atoms with Crippen molar-refractivity contribution < 1.29 is 28.5 Å². The second kappa shape index (κ2) is 12.3. The average Bonchev–Trinajstić information content (AvgIpc) is 3.45. The van der Waals surface area contributed by atoms with Crippen LogP contribution in [0.25, 0.3) is 0 Å². The maximum atomic E-state index is 13.8.